The van der Waals surface area contributed by atoms with Gasteiger partial charge in [-0.3, -0.25) is 0 Å². The van der Waals surface area contributed by atoms with Crippen LogP contribution in [0.3, 0.4) is 0 Å². The van der Waals surface area contributed by atoms with Crippen molar-refractivity contribution in [2.45, 2.75) is 19.6 Å². The molecule has 1 atom stereocenters. The first-order chi connectivity index (χ1) is 13.0. The van der Waals surface area contributed by atoms with E-state index in [0.29, 0.717) is 23.1 Å². The van der Waals surface area contributed by atoms with Gasteiger partial charge in [-0.2, -0.15) is 0 Å². The van der Waals surface area contributed by atoms with Crippen molar-refractivity contribution in [3.05, 3.63) is 76.3 Å². The van der Waals surface area contributed by atoms with E-state index in [-0.39, 0.29) is 0 Å². The molecule has 4 aromatic rings. The molecule has 2 N–H and O–H groups in total. The van der Waals surface area contributed by atoms with Crippen LogP contribution in [0.1, 0.15) is 5.56 Å². The van der Waals surface area contributed by atoms with Gasteiger partial charge in [0.05, 0.1) is 12.6 Å². The number of halogens is 2. The van der Waals surface area contributed by atoms with E-state index in [2.05, 4.69) is 28.9 Å². The molecular formula is C22H20Cl2N2O. The summed E-state index contributed by atoms with van der Waals surface area (Å²) in [5.74, 6) is 0. The zero-order valence-electron chi connectivity index (χ0n) is 14.9. The van der Waals surface area contributed by atoms with Gasteiger partial charge in [-0.05, 0) is 61.0 Å². The summed E-state index contributed by atoms with van der Waals surface area (Å²) in [7, 11) is 0. The summed E-state index contributed by atoms with van der Waals surface area (Å²) in [5, 5.41) is 17.4. The van der Waals surface area contributed by atoms with Crippen molar-refractivity contribution in [1.82, 2.24) is 4.57 Å². The van der Waals surface area contributed by atoms with Crippen LogP contribution < -0.4 is 5.32 Å². The van der Waals surface area contributed by atoms with Crippen LogP contribution in [0.4, 0.5) is 5.69 Å². The van der Waals surface area contributed by atoms with E-state index < -0.39 is 6.10 Å². The minimum atomic E-state index is -0.546. The van der Waals surface area contributed by atoms with E-state index >= 15 is 0 Å². The summed E-state index contributed by atoms with van der Waals surface area (Å²) < 4.78 is 2.12. The molecule has 0 fully saturated rings. The minimum Gasteiger partial charge on any atom is -0.389 e. The molecule has 1 aromatic heterocycles. The fourth-order valence-corrected chi connectivity index (χ4v) is 3.86. The van der Waals surface area contributed by atoms with Crippen LogP contribution in [0.25, 0.3) is 21.8 Å². The summed E-state index contributed by atoms with van der Waals surface area (Å²) in [5.41, 5.74) is 4.26. The molecule has 0 aliphatic rings. The van der Waals surface area contributed by atoms with Crippen LogP contribution in [-0.4, -0.2) is 22.3 Å². The Kier molecular flexibility index (Phi) is 5.00. The van der Waals surface area contributed by atoms with Crippen LogP contribution in [0, 0.1) is 6.92 Å². The maximum Gasteiger partial charge on any atom is 0.0891 e. The second kappa shape index (κ2) is 7.43. The third-order valence-electron chi connectivity index (χ3n) is 4.74. The molecule has 138 valence electrons. The largest absolute Gasteiger partial charge is 0.389 e. The van der Waals surface area contributed by atoms with Crippen molar-refractivity contribution < 1.29 is 5.11 Å². The molecule has 5 heteroatoms. The second-order valence-electron chi connectivity index (χ2n) is 6.84. The summed E-state index contributed by atoms with van der Waals surface area (Å²) >= 11 is 12.4. The summed E-state index contributed by atoms with van der Waals surface area (Å²) in [6.45, 7) is 2.99. The van der Waals surface area contributed by atoms with Gasteiger partial charge in [-0.1, -0.05) is 35.3 Å². The molecule has 0 radical (unpaired) electrons. The predicted octanol–water partition coefficient (Wildman–Crippen LogP) is 5.88. The van der Waals surface area contributed by atoms with Crippen molar-refractivity contribution in [3.8, 4) is 0 Å². The molecule has 4 rings (SSSR count). The van der Waals surface area contributed by atoms with Gasteiger partial charge < -0.3 is 15.0 Å². The topological polar surface area (TPSA) is 37.2 Å². The number of aliphatic hydroxyl groups is 1. The number of nitrogens with one attached hydrogen (secondary N) is 1. The van der Waals surface area contributed by atoms with Gasteiger partial charge >= 0.3 is 0 Å². The fraction of sp³-hybridized carbons (Fsp3) is 0.182. The Labute approximate surface area is 168 Å². The number of anilines is 1. The first-order valence-corrected chi connectivity index (χ1v) is 9.62. The standard InChI is InChI=1S/C22H20Cl2N2O/c1-14-3-2-4-17(9-14)25-12-18(27)13-26-21-7-5-15(23)10-19(21)20-11-16(24)6-8-22(20)26/h2-11,18,25,27H,12-13H2,1H3/t18-/m1/s1. The number of fused-ring (bicyclic) bond motifs is 3. The number of hydrogen-bond donors (Lipinski definition) is 2. The molecule has 27 heavy (non-hydrogen) atoms. The molecule has 3 nitrogen and oxygen atoms in total. The van der Waals surface area contributed by atoms with Crippen molar-refractivity contribution >= 4 is 50.7 Å². The van der Waals surface area contributed by atoms with Gasteiger partial charge in [0, 0.05) is 44.1 Å². The predicted molar refractivity (Wildman–Crippen MR) is 115 cm³/mol. The highest BCUT2D eigenvalue weighted by Gasteiger charge is 2.14. The third-order valence-corrected chi connectivity index (χ3v) is 5.21. The molecule has 0 aliphatic heterocycles. The molecule has 0 spiro atoms. The van der Waals surface area contributed by atoms with Gasteiger partial charge in [0.1, 0.15) is 0 Å². The van der Waals surface area contributed by atoms with E-state index in [0.717, 1.165) is 27.5 Å². The van der Waals surface area contributed by atoms with E-state index in [1.807, 2.05) is 48.5 Å². The van der Waals surface area contributed by atoms with Crippen molar-refractivity contribution in [2.24, 2.45) is 0 Å². The molecule has 1 heterocycles. The third kappa shape index (κ3) is 3.77. The van der Waals surface area contributed by atoms with Crippen molar-refractivity contribution in [1.29, 1.82) is 0 Å². The zero-order chi connectivity index (χ0) is 19.0. The lowest BCUT2D eigenvalue weighted by atomic mass is 10.1. The number of aryl methyl sites for hydroxylation is 1. The lowest BCUT2D eigenvalue weighted by molar-refractivity contribution is 0.169. The van der Waals surface area contributed by atoms with Crippen molar-refractivity contribution in [2.75, 3.05) is 11.9 Å². The Morgan fingerprint density at radius 1 is 0.926 bits per heavy atom. The summed E-state index contributed by atoms with van der Waals surface area (Å²) in [6, 6.07) is 19.8. The Bertz CT molecular complexity index is 1060. The van der Waals surface area contributed by atoms with Gasteiger partial charge in [0.25, 0.3) is 0 Å². The van der Waals surface area contributed by atoms with Crippen LogP contribution in [-0.2, 0) is 6.54 Å². The Balaban J connectivity index is 1.64. The summed E-state index contributed by atoms with van der Waals surface area (Å²) in [4.78, 5) is 0. The van der Waals surface area contributed by atoms with Crippen LogP contribution >= 0.6 is 23.2 Å². The van der Waals surface area contributed by atoms with Crippen LogP contribution in [0.5, 0.6) is 0 Å². The minimum absolute atomic E-state index is 0.464. The molecule has 0 unspecified atom stereocenters. The first-order valence-electron chi connectivity index (χ1n) is 8.87. The highest BCUT2D eigenvalue weighted by atomic mass is 35.5. The van der Waals surface area contributed by atoms with E-state index in [1.54, 1.807) is 0 Å². The zero-order valence-corrected chi connectivity index (χ0v) is 16.4. The van der Waals surface area contributed by atoms with Gasteiger partial charge in [-0.25, -0.2) is 0 Å². The number of aromatic nitrogens is 1. The lowest BCUT2D eigenvalue weighted by Crippen LogP contribution is -2.24. The molecule has 0 amide bonds. The summed E-state index contributed by atoms with van der Waals surface area (Å²) in [6.07, 6.45) is -0.546. The lowest BCUT2D eigenvalue weighted by Gasteiger charge is -2.16. The fourth-order valence-electron chi connectivity index (χ4n) is 3.51. The molecule has 0 saturated heterocycles. The quantitative estimate of drug-likeness (QED) is 0.440. The molecule has 0 saturated carbocycles. The first kappa shape index (κ1) is 18.2. The van der Waals surface area contributed by atoms with Crippen LogP contribution in [0.2, 0.25) is 10.0 Å². The highest BCUT2D eigenvalue weighted by Crippen LogP contribution is 2.33. The highest BCUT2D eigenvalue weighted by molar-refractivity contribution is 6.33. The molecule has 0 aliphatic carbocycles. The Morgan fingerprint density at radius 3 is 2.15 bits per heavy atom. The smallest absolute Gasteiger partial charge is 0.0891 e. The maximum atomic E-state index is 10.6. The monoisotopic (exact) mass is 398 g/mol. The Morgan fingerprint density at radius 2 is 1.56 bits per heavy atom. The second-order valence-corrected chi connectivity index (χ2v) is 7.71. The number of aliphatic hydroxyl groups excluding tert-OH is 1. The average molecular weight is 399 g/mol. The van der Waals surface area contributed by atoms with Gasteiger partial charge in [0.15, 0.2) is 0 Å². The van der Waals surface area contributed by atoms with Crippen LogP contribution in [0.15, 0.2) is 60.7 Å². The van der Waals surface area contributed by atoms with Crippen molar-refractivity contribution in [3.63, 3.8) is 0 Å². The van der Waals surface area contributed by atoms with E-state index in [4.69, 9.17) is 23.2 Å². The maximum absolute atomic E-state index is 10.6. The molecular weight excluding hydrogens is 379 g/mol. The Hall–Kier alpha value is -2.20. The number of hydrogen-bond acceptors (Lipinski definition) is 2. The van der Waals surface area contributed by atoms with Gasteiger partial charge in [0.2, 0.25) is 0 Å². The van der Waals surface area contributed by atoms with Gasteiger partial charge in [-0.15, -0.1) is 0 Å². The van der Waals surface area contributed by atoms with E-state index in [1.165, 1.54) is 5.56 Å². The molecule has 0 bridgehead atoms. The number of rotatable bonds is 5. The number of nitrogens with zero attached hydrogens (tertiary/aromatic N) is 1. The van der Waals surface area contributed by atoms with E-state index in [9.17, 15) is 5.11 Å². The molecule has 3 aromatic carbocycles. The number of benzene rings is 3. The normalized spacial score (nSPS) is 12.6. The average Bonchev–Trinajstić information content (AvgIpc) is 2.92. The SMILES string of the molecule is Cc1cccc(NC[C@@H](O)Cn2c3ccc(Cl)cc3c3cc(Cl)ccc32)c1.